The van der Waals surface area contributed by atoms with Gasteiger partial charge in [0.2, 0.25) is 0 Å². The van der Waals surface area contributed by atoms with Crippen LogP contribution in [-0.2, 0) is 4.79 Å². The number of carboxylic acid groups (broad SMARTS) is 1. The third-order valence-corrected chi connectivity index (χ3v) is 3.49. The molecule has 1 aromatic carbocycles. The summed E-state index contributed by atoms with van der Waals surface area (Å²) >= 11 is 0. The molecule has 0 aromatic heterocycles. The van der Waals surface area contributed by atoms with E-state index >= 15 is 0 Å². The van der Waals surface area contributed by atoms with E-state index in [0.29, 0.717) is 6.42 Å². The molecule has 96 valence electrons. The molecule has 18 heavy (non-hydrogen) atoms. The topological polar surface area (TPSA) is 37.3 Å². The maximum Gasteiger partial charge on any atom is 0.311 e. The SMILES string of the molecule is CCC(C(=O)O)c1ccccc1C#C[Si](C)(C)C. The summed E-state index contributed by atoms with van der Waals surface area (Å²) in [7, 11) is -1.44. The van der Waals surface area contributed by atoms with Crippen molar-refractivity contribution in [3.05, 3.63) is 35.4 Å². The first kappa shape index (κ1) is 14.5. The molecule has 0 saturated heterocycles. The number of rotatable bonds is 3. The predicted octanol–water partition coefficient (Wildman–Crippen LogP) is 3.49. The van der Waals surface area contributed by atoms with Crippen molar-refractivity contribution in [1.82, 2.24) is 0 Å². The number of carbonyl (C=O) groups is 1. The van der Waals surface area contributed by atoms with E-state index in [0.717, 1.165) is 11.1 Å². The second-order valence-corrected chi connectivity index (χ2v) is 10.1. The Morgan fingerprint density at radius 2 is 1.94 bits per heavy atom. The molecule has 0 aliphatic heterocycles. The Hall–Kier alpha value is -1.53. The first-order valence-electron chi connectivity index (χ1n) is 6.20. The zero-order valence-electron chi connectivity index (χ0n) is 11.4. The minimum absolute atomic E-state index is 0.461. The fourth-order valence-electron chi connectivity index (χ4n) is 1.70. The molecule has 0 bridgehead atoms. The highest BCUT2D eigenvalue weighted by Crippen LogP contribution is 2.23. The number of benzene rings is 1. The van der Waals surface area contributed by atoms with Gasteiger partial charge in [-0.3, -0.25) is 4.79 Å². The van der Waals surface area contributed by atoms with Gasteiger partial charge in [-0.1, -0.05) is 50.7 Å². The quantitative estimate of drug-likeness (QED) is 0.667. The molecule has 0 saturated carbocycles. The molecule has 0 fully saturated rings. The molecule has 1 N–H and O–H groups in total. The average Bonchev–Trinajstić information content (AvgIpc) is 2.27. The van der Waals surface area contributed by atoms with Gasteiger partial charge in [0.05, 0.1) is 5.92 Å². The number of hydrogen-bond donors (Lipinski definition) is 1. The predicted molar refractivity (Wildman–Crippen MR) is 77.3 cm³/mol. The van der Waals surface area contributed by atoms with E-state index in [4.69, 9.17) is 0 Å². The van der Waals surface area contributed by atoms with Gasteiger partial charge >= 0.3 is 5.97 Å². The first-order valence-corrected chi connectivity index (χ1v) is 9.70. The molecule has 1 rings (SSSR count). The van der Waals surface area contributed by atoms with Crippen LogP contribution in [0.1, 0.15) is 30.4 Å². The molecule has 0 aliphatic carbocycles. The van der Waals surface area contributed by atoms with Crippen LogP contribution in [0, 0.1) is 11.5 Å². The third-order valence-electron chi connectivity index (χ3n) is 2.61. The van der Waals surface area contributed by atoms with Gasteiger partial charge in [0.15, 0.2) is 0 Å². The monoisotopic (exact) mass is 260 g/mol. The van der Waals surface area contributed by atoms with E-state index in [1.54, 1.807) is 0 Å². The molecule has 1 aromatic rings. The lowest BCUT2D eigenvalue weighted by atomic mass is 9.92. The maximum atomic E-state index is 11.2. The average molecular weight is 260 g/mol. The highest BCUT2D eigenvalue weighted by molar-refractivity contribution is 6.83. The van der Waals surface area contributed by atoms with Crippen LogP contribution in [0.2, 0.25) is 19.6 Å². The first-order chi connectivity index (χ1) is 8.35. The largest absolute Gasteiger partial charge is 0.481 e. The van der Waals surface area contributed by atoms with Crippen molar-refractivity contribution in [3.63, 3.8) is 0 Å². The molecule has 1 atom stereocenters. The van der Waals surface area contributed by atoms with Crippen LogP contribution in [0.25, 0.3) is 0 Å². The van der Waals surface area contributed by atoms with Crippen molar-refractivity contribution in [1.29, 1.82) is 0 Å². The van der Waals surface area contributed by atoms with Crippen molar-refractivity contribution in [2.45, 2.75) is 38.9 Å². The zero-order chi connectivity index (χ0) is 13.8. The van der Waals surface area contributed by atoms with E-state index in [9.17, 15) is 9.90 Å². The summed E-state index contributed by atoms with van der Waals surface area (Å²) in [6.45, 7) is 8.42. The lowest BCUT2D eigenvalue weighted by molar-refractivity contribution is -0.138. The fourth-order valence-corrected chi connectivity index (χ4v) is 2.21. The van der Waals surface area contributed by atoms with Gasteiger partial charge in [-0.2, -0.15) is 0 Å². The van der Waals surface area contributed by atoms with Gasteiger partial charge in [0, 0.05) is 5.56 Å². The van der Waals surface area contributed by atoms with Crippen LogP contribution < -0.4 is 0 Å². The van der Waals surface area contributed by atoms with Crippen molar-refractivity contribution in [2.75, 3.05) is 0 Å². The summed E-state index contributed by atoms with van der Waals surface area (Å²) in [5, 5.41) is 9.24. The zero-order valence-corrected chi connectivity index (χ0v) is 12.4. The van der Waals surface area contributed by atoms with E-state index in [-0.39, 0.29) is 0 Å². The summed E-state index contributed by atoms with van der Waals surface area (Å²) in [6.07, 6.45) is 0.584. The van der Waals surface area contributed by atoms with Crippen LogP contribution in [0.5, 0.6) is 0 Å². The highest BCUT2D eigenvalue weighted by Gasteiger charge is 2.19. The van der Waals surface area contributed by atoms with Gasteiger partial charge in [0.25, 0.3) is 0 Å². The minimum atomic E-state index is -1.44. The Morgan fingerprint density at radius 3 is 2.44 bits per heavy atom. The van der Waals surface area contributed by atoms with Crippen LogP contribution in [0.15, 0.2) is 24.3 Å². The molecule has 0 radical (unpaired) electrons. The normalized spacial score (nSPS) is 12.4. The van der Waals surface area contributed by atoms with Gasteiger partial charge < -0.3 is 5.11 Å². The molecule has 0 aliphatic rings. The van der Waals surface area contributed by atoms with Crippen LogP contribution >= 0.6 is 0 Å². The van der Waals surface area contributed by atoms with Crippen molar-refractivity contribution >= 4 is 14.0 Å². The van der Waals surface area contributed by atoms with Crippen LogP contribution in [-0.4, -0.2) is 19.1 Å². The van der Waals surface area contributed by atoms with E-state index in [2.05, 4.69) is 31.1 Å². The van der Waals surface area contributed by atoms with Crippen LogP contribution in [0.3, 0.4) is 0 Å². The molecule has 1 unspecified atom stereocenters. The Labute approximate surface area is 110 Å². The second-order valence-electron chi connectivity index (χ2n) is 5.39. The molecular weight excluding hydrogens is 240 g/mol. The summed E-state index contributed by atoms with van der Waals surface area (Å²) in [5.74, 6) is 1.93. The van der Waals surface area contributed by atoms with Gasteiger partial charge in [-0.05, 0) is 18.1 Å². The fraction of sp³-hybridized carbons (Fsp3) is 0.400. The maximum absolute atomic E-state index is 11.2. The molecule has 0 amide bonds. The number of hydrogen-bond acceptors (Lipinski definition) is 1. The van der Waals surface area contributed by atoms with Gasteiger partial charge in [-0.15, -0.1) is 5.54 Å². The Kier molecular flexibility index (Phi) is 4.74. The number of carboxylic acids is 1. The Balaban J connectivity index is 3.21. The third kappa shape index (κ3) is 4.05. The summed E-state index contributed by atoms with van der Waals surface area (Å²) < 4.78 is 0. The molecule has 2 nitrogen and oxygen atoms in total. The van der Waals surface area contributed by atoms with E-state index in [1.165, 1.54) is 0 Å². The Morgan fingerprint density at radius 1 is 1.33 bits per heavy atom. The van der Waals surface area contributed by atoms with Gasteiger partial charge in [-0.25, -0.2) is 0 Å². The molecule has 3 heteroatoms. The van der Waals surface area contributed by atoms with E-state index < -0.39 is 20.0 Å². The van der Waals surface area contributed by atoms with Gasteiger partial charge in [0.1, 0.15) is 8.07 Å². The lowest BCUT2D eigenvalue weighted by Crippen LogP contribution is -2.17. The number of aliphatic carboxylic acids is 1. The second kappa shape index (κ2) is 5.88. The van der Waals surface area contributed by atoms with Crippen molar-refractivity contribution < 1.29 is 9.90 Å². The smallest absolute Gasteiger partial charge is 0.311 e. The van der Waals surface area contributed by atoms with Crippen LogP contribution in [0.4, 0.5) is 0 Å². The molecular formula is C15H20O2Si. The standard InChI is InChI=1S/C15H20O2Si/c1-5-13(15(16)17)14-9-7-6-8-12(14)10-11-18(2,3)4/h6-9,13H,5H2,1-4H3,(H,16,17). The summed E-state index contributed by atoms with van der Waals surface area (Å²) in [4.78, 5) is 11.2. The summed E-state index contributed by atoms with van der Waals surface area (Å²) in [5.41, 5.74) is 4.98. The van der Waals surface area contributed by atoms with E-state index in [1.807, 2.05) is 31.2 Å². The van der Waals surface area contributed by atoms with Crippen molar-refractivity contribution in [3.8, 4) is 11.5 Å². The minimum Gasteiger partial charge on any atom is -0.481 e. The lowest BCUT2D eigenvalue weighted by Gasteiger charge is -2.12. The molecule has 0 spiro atoms. The summed E-state index contributed by atoms with van der Waals surface area (Å²) in [6, 6.07) is 7.57. The Bertz CT molecular complexity index is 489. The molecule has 0 heterocycles. The highest BCUT2D eigenvalue weighted by atomic mass is 28.3. The van der Waals surface area contributed by atoms with Crippen molar-refractivity contribution in [2.24, 2.45) is 0 Å².